The lowest BCUT2D eigenvalue weighted by Gasteiger charge is -2.10. The summed E-state index contributed by atoms with van der Waals surface area (Å²) in [6.07, 6.45) is -2.61. The first-order valence-electron chi connectivity index (χ1n) is 1.90. The summed E-state index contributed by atoms with van der Waals surface area (Å²) >= 11 is 4.19. The van der Waals surface area contributed by atoms with E-state index >= 15 is 0 Å². The lowest BCUT2D eigenvalue weighted by atomic mass is 10.3. The van der Waals surface area contributed by atoms with Crippen LogP contribution in [0.3, 0.4) is 0 Å². The van der Waals surface area contributed by atoms with Crippen molar-refractivity contribution in [2.45, 2.75) is 11.5 Å². The van der Waals surface area contributed by atoms with E-state index in [1.165, 1.54) is 0 Å². The van der Waals surface area contributed by atoms with E-state index in [0.29, 0.717) is 0 Å². The second kappa shape index (κ2) is 2.45. The minimum atomic E-state index is -3.97. The van der Waals surface area contributed by atoms with Crippen molar-refractivity contribution in [2.75, 3.05) is 0 Å². The van der Waals surface area contributed by atoms with Crippen molar-refractivity contribution in [3.8, 4) is 0 Å². The molecule has 0 radical (unpaired) electrons. The number of rotatable bonds is 2. The fraction of sp³-hybridized carbons (Fsp3) is 0.667. The Labute approximate surface area is 54.4 Å². The van der Waals surface area contributed by atoms with Gasteiger partial charge in [-0.2, -0.15) is 8.78 Å². The second-order valence-corrected chi connectivity index (χ2v) is 1.85. The third-order valence-corrected chi connectivity index (χ3v) is 0.786. The molecule has 0 aromatic carbocycles. The van der Waals surface area contributed by atoms with Crippen LogP contribution in [0.5, 0.6) is 0 Å². The van der Waals surface area contributed by atoms with Crippen molar-refractivity contribution in [3.05, 3.63) is 0 Å². The maximum Gasteiger partial charge on any atom is 0.356 e. The number of hydrogen-bond acceptors (Lipinski definition) is 2. The molecule has 0 spiro atoms. The average molecular weight is 160 g/mol. The quantitative estimate of drug-likeness (QED) is 0.542. The third-order valence-electron chi connectivity index (χ3n) is 0.580. The summed E-state index contributed by atoms with van der Waals surface area (Å²) in [5, 5.41) is 4.14. The molecule has 0 aromatic rings. The minimum Gasteiger partial charge on any atom is -0.377 e. The van der Waals surface area contributed by atoms with Gasteiger partial charge in [0.25, 0.3) is 5.91 Å². The smallest absolute Gasteiger partial charge is 0.356 e. The van der Waals surface area contributed by atoms with E-state index < -0.39 is 17.4 Å². The largest absolute Gasteiger partial charge is 0.377 e. The monoisotopic (exact) mass is 159 g/mol. The van der Waals surface area contributed by atoms with Gasteiger partial charge in [-0.25, -0.2) is 0 Å². The number of alkyl halides is 3. The molecule has 9 heavy (non-hydrogen) atoms. The van der Waals surface area contributed by atoms with Crippen molar-refractivity contribution in [3.63, 3.8) is 0 Å². The van der Waals surface area contributed by atoms with Crippen LogP contribution in [0.25, 0.3) is 0 Å². The fourth-order valence-corrected chi connectivity index (χ4v) is 0.269. The highest BCUT2D eigenvalue weighted by Crippen LogP contribution is 2.22. The van der Waals surface area contributed by atoms with Crippen molar-refractivity contribution < 1.29 is 18.7 Å². The van der Waals surface area contributed by atoms with E-state index in [1.54, 1.807) is 0 Å². The van der Waals surface area contributed by atoms with Crippen LogP contribution >= 0.6 is 11.6 Å². The van der Waals surface area contributed by atoms with Gasteiger partial charge < -0.3 is 10.8 Å². The maximum absolute atomic E-state index is 11.6. The zero-order valence-electron chi connectivity index (χ0n) is 4.14. The van der Waals surface area contributed by atoms with E-state index in [-0.39, 0.29) is 0 Å². The molecule has 0 bridgehead atoms. The molecule has 0 rings (SSSR count). The van der Waals surface area contributed by atoms with Gasteiger partial charge in [0.05, 0.1) is 0 Å². The van der Waals surface area contributed by atoms with E-state index in [1.807, 2.05) is 0 Å². The maximum atomic E-state index is 11.6. The Kier molecular flexibility index (Phi) is 2.33. The lowest BCUT2D eigenvalue weighted by Crippen LogP contribution is -2.40. The number of aliphatic hydroxyl groups excluding tert-OH is 1. The van der Waals surface area contributed by atoms with Crippen LogP contribution in [-0.2, 0) is 4.79 Å². The van der Waals surface area contributed by atoms with Crippen molar-refractivity contribution in [1.29, 1.82) is 0 Å². The molecule has 1 amide bonds. The first kappa shape index (κ1) is 8.58. The normalized spacial score (nSPS) is 15.1. The van der Waals surface area contributed by atoms with Crippen molar-refractivity contribution >= 4 is 17.5 Å². The predicted molar refractivity (Wildman–Crippen MR) is 26.0 cm³/mol. The molecule has 1 atom stereocenters. The molecule has 0 saturated carbocycles. The predicted octanol–water partition coefficient (Wildman–Crippen LogP) is -0.336. The zero-order chi connectivity index (χ0) is 7.65. The Morgan fingerprint density at radius 1 is 1.78 bits per heavy atom. The van der Waals surface area contributed by atoms with Crippen LogP contribution < -0.4 is 5.73 Å². The summed E-state index contributed by atoms with van der Waals surface area (Å²) in [6, 6.07) is 0. The van der Waals surface area contributed by atoms with Crippen molar-refractivity contribution in [2.24, 2.45) is 5.73 Å². The topological polar surface area (TPSA) is 63.3 Å². The van der Waals surface area contributed by atoms with Gasteiger partial charge in [-0.3, -0.25) is 4.79 Å². The number of carbonyl (C=O) groups excluding carboxylic acids is 1. The Balaban J connectivity index is 4.04. The Bertz CT molecular complexity index is 123. The number of hydrogen-bond donors (Lipinski definition) is 2. The van der Waals surface area contributed by atoms with Crippen LogP contribution in [-0.4, -0.2) is 22.5 Å². The van der Waals surface area contributed by atoms with E-state index in [4.69, 9.17) is 5.11 Å². The van der Waals surface area contributed by atoms with Gasteiger partial charge in [-0.1, -0.05) is 0 Å². The molecule has 0 saturated heterocycles. The highest BCUT2D eigenvalue weighted by Gasteiger charge is 2.39. The van der Waals surface area contributed by atoms with Crippen LogP contribution in [0, 0.1) is 0 Å². The minimum absolute atomic E-state index is 1.55. The molecular formula is C3H4ClF2NO2. The van der Waals surface area contributed by atoms with E-state index in [9.17, 15) is 13.6 Å². The Morgan fingerprint density at radius 2 is 2.11 bits per heavy atom. The molecule has 0 heterocycles. The first-order chi connectivity index (χ1) is 3.85. The molecule has 0 aliphatic heterocycles. The molecule has 0 fully saturated rings. The summed E-state index contributed by atoms with van der Waals surface area (Å²) in [6.45, 7) is 0. The number of aliphatic hydroxyl groups is 1. The molecular weight excluding hydrogens is 155 g/mol. The molecule has 6 heteroatoms. The van der Waals surface area contributed by atoms with Crippen molar-refractivity contribution in [1.82, 2.24) is 0 Å². The molecule has 3 nitrogen and oxygen atoms in total. The van der Waals surface area contributed by atoms with Gasteiger partial charge in [-0.05, 0) is 11.6 Å². The lowest BCUT2D eigenvalue weighted by molar-refractivity contribution is -0.137. The summed E-state index contributed by atoms with van der Waals surface area (Å²) in [5.41, 5.74) is 4.27. The third kappa shape index (κ3) is 2.57. The number of primary amides is 1. The number of halogens is 3. The first-order valence-corrected chi connectivity index (χ1v) is 2.27. The summed E-state index contributed by atoms with van der Waals surface area (Å²) in [4.78, 5) is 9.75. The van der Waals surface area contributed by atoms with Gasteiger partial charge in [-0.15, -0.1) is 0 Å². The van der Waals surface area contributed by atoms with E-state index in [2.05, 4.69) is 17.3 Å². The van der Waals surface area contributed by atoms with Gasteiger partial charge in [0.2, 0.25) is 6.10 Å². The highest BCUT2D eigenvalue weighted by molar-refractivity contribution is 6.23. The van der Waals surface area contributed by atoms with Gasteiger partial charge in [0.1, 0.15) is 0 Å². The molecule has 0 aromatic heterocycles. The highest BCUT2D eigenvalue weighted by atomic mass is 35.5. The van der Waals surface area contributed by atoms with E-state index in [0.717, 1.165) is 0 Å². The number of amides is 1. The summed E-state index contributed by atoms with van der Waals surface area (Å²) in [7, 11) is 0. The molecule has 3 N–H and O–H groups in total. The number of nitrogens with two attached hydrogens (primary N) is 1. The fourth-order valence-electron chi connectivity index (χ4n) is 0.161. The number of carbonyl (C=O) groups is 1. The molecule has 1 unspecified atom stereocenters. The van der Waals surface area contributed by atoms with Crippen LogP contribution in [0.15, 0.2) is 0 Å². The van der Waals surface area contributed by atoms with Gasteiger partial charge >= 0.3 is 5.38 Å². The average Bonchev–Trinajstić information content (AvgIpc) is 1.62. The molecule has 0 aliphatic carbocycles. The Hall–Kier alpha value is -0.420. The standard InChI is InChI=1S/C3H4ClF2NO2/c4-3(5,6)1(8)2(7)9/h1,8H,(H2,7,9). The van der Waals surface area contributed by atoms with Gasteiger partial charge in [0, 0.05) is 0 Å². The van der Waals surface area contributed by atoms with Crippen LogP contribution in [0.1, 0.15) is 0 Å². The summed E-state index contributed by atoms with van der Waals surface area (Å²) in [5.74, 6) is -1.55. The zero-order valence-corrected chi connectivity index (χ0v) is 4.90. The second-order valence-electron chi connectivity index (χ2n) is 1.35. The molecule has 54 valence electrons. The van der Waals surface area contributed by atoms with Gasteiger partial charge in [0.15, 0.2) is 0 Å². The molecule has 0 aliphatic rings. The SMILES string of the molecule is NC(=O)C(O)C(F)(F)Cl. The van der Waals surface area contributed by atoms with Crippen LogP contribution in [0.4, 0.5) is 8.78 Å². The van der Waals surface area contributed by atoms with Crippen LogP contribution in [0.2, 0.25) is 0 Å². The summed E-state index contributed by atoms with van der Waals surface area (Å²) < 4.78 is 23.2. The Morgan fingerprint density at radius 3 is 2.11 bits per heavy atom.